The number of aromatic nitrogens is 1. The van der Waals surface area contributed by atoms with Gasteiger partial charge in [-0.05, 0) is 61.6 Å². The fraction of sp³-hybridized carbons (Fsp3) is 0.421. The normalized spacial score (nSPS) is 16.8. The molecule has 0 amide bonds. The Balaban J connectivity index is 1.47. The van der Waals surface area contributed by atoms with E-state index < -0.39 is 0 Å². The molecule has 3 rings (SSSR count). The van der Waals surface area contributed by atoms with E-state index in [1.165, 1.54) is 11.1 Å². The Kier molecular flexibility index (Phi) is 5.13. The molecule has 4 heteroatoms. The Labute approximate surface area is 137 Å². The largest absolute Gasteiger partial charge is 0.497 e. The minimum absolute atomic E-state index is 0.0769. The smallest absolute Gasteiger partial charge is 0.250 e. The zero-order valence-corrected chi connectivity index (χ0v) is 13.6. The number of aryl methyl sites for hydroxylation is 2. The van der Waals surface area contributed by atoms with Crippen molar-refractivity contribution in [2.24, 2.45) is 0 Å². The molecule has 1 aromatic carbocycles. The summed E-state index contributed by atoms with van der Waals surface area (Å²) >= 11 is 0. The quantitative estimate of drug-likeness (QED) is 0.833. The topological polar surface area (TPSA) is 43.3 Å². The second kappa shape index (κ2) is 7.47. The standard InChI is InChI=1S/C19H24N2O2/c1-23-18-9-7-15-13-17(8-6-16(15)14-18)20-10-4-12-21-11-3-2-5-19(21)22/h2-3,5,7,9,11,14,17,20H,4,6,8,10,12-13H2,1H3/t17-/m0/s1. The Morgan fingerprint density at radius 2 is 2.17 bits per heavy atom. The van der Waals surface area contributed by atoms with Gasteiger partial charge in [-0.25, -0.2) is 0 Å². The van der Waals surface area contributed by atoms with Crippen LogP contribution in [-0.2, 0) is 19.4 Å². The van der Waals surface area contributed by atoms with Crippen molar-refractivity contribution in [3.05, 3.63) is 64.1 Å². The lowest BCUT2D eigenvalue weighted by Gasteiger charge is -2.26. The fourth-order valence-electron chi connectivity index (χ4n) is 3.23. The molecule has 1 aromatic heterocycles. The molecule has 1 aliphatic rings. The first-order valence-corrected chi connectivity index (χ1v) is 8.31. The van der Waals surface area contributed by atoms with Gasteiger partial charge in [-0.1, -0.05) is 12.1 Å². The highest BCUT2D eigenvalue weighted by Gasteiger charge is 2.18. The van der Waals surface area contributed by atoms with Crippen LogP contribution in [0.4, 0.5) is 0 Å². The molecule has 0 aliphatic heterocycles. The van der Waals surface area contributed by atoms with Crippen LogP contribution in [-0.4, -0.2) is 24.3 Å². The third-order valence-electron chi connectivity index (χ3n) is 4.55. The van der Waals surface area contributed by atoms with Crippen LogP contribution in [0, 0.1) is 0 Å². The maximum atomic E-state index is 11.6. The Morgan fingerprint density at radius 1 is 1.26 bits per heavy atom. The molecule has 23 heavy (non-hydrogen) atoms. The van der Waals surface area contributed by atoms with Crippen molar-refractivity contribution in [3.63, 3.8) is 0 Å². The number of nitrogens with one attached hydrogen (secondary N) is 1. The monoisotopic (exact) mass is 312 g/mol. The zero-order chi connectivity index (χ0) is 16.1. The first-order chi connectivity index (χ1) is 11.3. The summed E-state index contributed by atoms with van der Waals surface area (Å²) in [5.74, 6) is 0.948. The summed E-state index contributed by atoms with van der Waals surface area (Å²) in [6.07, 6.45) is 6.15. The summed E-state index contributed by atoms with van der Waals surface area (Å²) in [4.78, 5) is 11.6. The van der Waals surface area contributed by atoms with Crippen molar-refractivity contribution in [2.75, 3.05) is 13.7 Å². The number of ether oxygens (including phenoxy) is 1. The average Bonchev–Trinajstić information content (AvgIpc) is 2.59. The maximum absolute atomic E-state index is 11.6. The van der Waals surface area contributed by atoms with E-state index >= 15 is 0 Å². The maximum Gasteiger partial charge on any atom is 0.250 e. The average molecular weight is 312 g/mol. The Bertz CT molecular complexity index is 709. The van der Waals surface area contributed by atoms with Gasteiger partial charge in [0.2, 0.25) is 5.56 Å². The molecular weight excluding hydrogens is 288 g/mol. The number of hydrogen-bond donors (Lipinski definition) is 1. The minimum Gasteiger partial charge on any atom is -0.497 e. The summed E-state index contributed by atoms with van der Waals surface area (Å²) in [6.45, 7) is 1.71. The summed E-state index contributed by atoms with van der Waals surface area (Å²) in [7, 11) is 1.72. The van der Waals surface area contributed by atoms with Gasteiger partial charge < -0.3 is 14.6 Å². The molecule has 0 saturated carbocycles. The molecule has 0 saturated heterocycles. The van der Waals surface area contributed by atoms with E-state index in [0.29, 0.717) is 6.04 Å². The summed E-state index contributed by atoms with van der Waals surface area (Å²) < 4.78 is 7.06. The lowest BCUT2D eigenvalue weighted by Crippen LogP contribution is -2.35. The molecule has 0 spiro atoms. The molecular formula is C19H24N2O2. The van der Waals surface area contributed by atoms with Crippen molar-refractivity contribution in [1.29, 1.82) is 0 Å². The van der Waals surface area contributed by atoms with E-state index in [1.807, 2.05) is 18.3 Å². The van der Waals surface area contributed by atoms with Crippen LogP contribution in [0.15, 0.2) is 47.4 Å². The summed E-state index contributed by atoms with van der Waals surface area (Å²) in [5.41, 5.74) is 2.92. The van der Waals surface area contributed by atoms with Gasteiger partial charge in [-0.2, -0.15) is 0 Å². The number of benzene rings is 1. The van der Waals surface area contributed by atoms with E-state index in [1.54, 1.807) is 23.8 Å². The third-order valence-corrected chi connectivity index (χ3v) is 4.55. The number of pyridine rings is 1. The van der Waals surface area contributed by atoms with E-state index in [9.17, 15) is 4.79 Å². The highest BCUT2D eigenvalue weighted by Crippen LogP contribution is 2.25. The molecule has 122 valence electrons. The predicted octanol–water partition coefficient (Wildman–Crippen LogP) is 2.39. The van der Waals surface area contributed by atoms with Crippen LogP contribution in [0.2, 0.25) is 0 Å². The molecule has 2 aromatic rings. The number of hydrogen-bond acceptors (Lipinski definition) is 3. The van der Waals surface area contributed by atoms with Crippen LogP contribution in [0.3, 0.4) is 0 Å². The van der Waals surface area contributed by atoms with Crippen LogP contribution >= 0.6 is 0 Å². The number of fused-ring (bicyclic) bond motifs is 1. The highest BCUT2D eigenvalue weighted by atomic mass is 16.5. The van der Waals surface area contributed by atoms with Crippen LogP contribution in [0.1, 0.15) is 24.0 Å². The predicted molar refractivity (Wildman–Crippen MR) is 92.1 cm³/mol. The molecule has 1 aliphatic carbocycles. The van der Waals surface area contributed by atoms with Gasteiger partial charge in [0.05, 0.1) is 7.11 Å². The van der Waals surface area contributed by atoms with Crippen molar-refractivity contribution in [1.82, 2.24) is 9.88 Å². The summed E-state index contributed by atoms with van der Waals surface area (Å²) in [6, 6.07) is 12.2. The van der Waals surface area contributed by atoms with Crippen molar-refractivity contribution in [3.8, 4) is 5.75 Å². The van der Waals surface area contributed by atoms with Crippen LogP contribution in [0.5, 0.6) is 5.75 Å². The molecule has 1 N–H and O–H groups in total. The SMILES string of the molecule is COc1ccc2c(c1)CC[C@H](NCCCn1ccccc1=O)C2. The molecule has 0 unspecified atom stereocenters. The van der Waals surface area contributed by atoms with Gasteiger partial charge in [0.25, 0.3) is 0 Å². The summed E-state index contributed by atoms with van der Waals surface area (Å²) in [5, 5.41) is 3.63. The van der Waals surface area contributed by atoms with Crippen LogP contribution < -0.4 is 15.6 Å². The Morgan fingerprint density at radius 3 is 3.00 bits per heavy atom. The molecule has 0 fully saturated rings. The second-order valence-corrected chi connectivity index (χ2v) is 6.11. The highest BCUT2D eigenvalue weighted by molar-refractivity contribution is 5.37. The van der Waals surface area contributed by atoms with Gasteiger partial charge in [-0.3, -0.25) is 4.79 Å². The second-order valence-electron chi connectivity index (χ2n) is 6.11. The van der Waals surface area contributed by atoms with E-state index in [4.69, 9.17) is 4.74 Å². The molecule has 1 heterocycles. The lowest BCUT2D eigenvalue weighted by atomic mass is 9.88. The molecule has 0 radical (unpaired) electrons. The fourth-order valence-corrected chi connectivity index (χ4v) is 3.23. The first-order valence-electron chi connectivity index (χ1n) is 8.31. The van der Waals surface area contributed by atoms with Gasteiger partial charge >= 0.3 is 0 Å². The minimum atomic E-state index is 0.0769. The number of methoxy groups -OCH3 is 1. The number of rotatable bonds is 6. The van der Waals surface area contributed by atoms with Gasteiger partial charge in [0.1, 0.15) is 5.75 Å². The van der Waals surface area contributed by atoms with Crippen molar-refractivity contribution < 1.29 is 4.74 Å². The lowest BCUT2D eigenvalue weighted by molar-refractivity contribution is 0.410. The van der Waals surface area contributed by atoms with Gasteiger partial charge in [0.15, 0.2) is 0 Å². The van der Waals surface area contributed by atoms with Gasteiger partial charge in [0, 0.05) is 24.8 Å². The zero-order valence-electron chi connectivity index (χ0n) is 13.6. The molecule has 1 atom stereocenters. The van der Waals surface area contributed by atoms with Crippen molar-refractivity contribution in [2.45, 2.75) is 38.3 Å². The van der Waals surface area contributed by atoms with Crippen LogP contribution in [0.25, 0.3) is 0 Å². The van der Waals surface area contributed by atoms with Gasteiger partial charge in [-0.15, -0.1) is 0 Å². The molecule has 4 nitrogen and oxygen atoms in total. The molecule has 0 bridgehead atoms. The van der Waals surface area contributed by atoms with E-state index in [2.05, 4.69) is 17.4 Å². The Hall–Kier alpha value is -2.07. The third kappa shape index (κ3) is 4.02. The van der Waals surface area contributed by atoms with Crippen molar-refractivity contribution >= 4 is 0 Å². The van der Waals surface area contributed by atoms with E-state index in [0.717, 1.165) is 44.5 Å². The first kappa shape index (κ1) is 15.8. The number of nitrogens with zero attached hydrogens (tertiary/aromatic N) is 1. The van der Waals surface area contributed by atoms with E-state index in [-0.39, 0.29) is 5.56 Å².